The fraction of sp³-hybridized carbons (Fsp3) is 0.417. The molecule has 1 aliphatic rings. The number of piperazine rings is 1. The van der Waals surface area contributed by atoms with Crippen LogP contribution in [0.1, 0.15) is 41.4 Å². The first-order chi connectivity index (χ1) is 14.9. The van der Waals surface area contributed by atoms with Crippen LogP contribution in [0.3, 0.4) is 0 Å². The van der Waals surface area contributed by atoms with Gasteiger partial charge in [0, 0.05) is 50.5 Å². The topological polar surface area (TPSA) is 76.1 Å². The first-order valence-electron chi connectivity index (χ1n) is 10.8. The van der Waals surface area contributed by atoms with Gasteiger partial charge in [0.2, 0.25) is 0 Å². The molecule has 2 amide bonds. The van der Waals surface area contributed by atoms with Gasteiger partial charge in [0.25, 0.3) is 5.91 Å². The Labute approximate surface area is 184 Å². The monoisotopic (exact) mass is 424 g/mol. The molecule has 7 heteroatoms. The van der Waals surface area contributed by atoms with Gasteiger partial charge in [0.15, 0.2) is 0 Å². The van der Waals surface area contributed by atoms with E-state index in [0.717, 1.165) is 37.3 Å². The molecular weight excluding hydrogens is 392 g/mol. The van der Waals surface area contributed by atoms with Crippen LogP contribution in [0.2, 0.25) is 0 Å². The predicted molar refractivity (Wildman–Crippen MR) is 123 cm³/mol. The van der Waals surface area contributed by atoms with E-state index in [-0.39, 0.29) is 11.9 Å². The number of carbonyl (C=O) groups is 2. The Morgan fingerprint density at radius 2 is 1.65 bits per heavy atom. The number of amides is 2. The quantitative estimate of drug-likeness (QED) is 0.710. The molecule has 0 aliphatic carbocycles. The highest BCUT2D eigenvalue weighted by atomic mass is 16.4. The lowest BCUT2D eigenvalue weighted by molar-refractivity contribution is 0.0773. The van der Waals surface area contributed by atoms with Gasteiger partial charge in [0.1, 0.15) is 0 Å². The summed E-state index contributed by atoms with van der Waals surface area (Å²) in [5.74, 6) is 0.0420. The molecule has 1 saturated heterocycles. The van der Waals surface area contributed by atoms with Crippen LogP contribution in [-0.2, 0) is 0 Å². The van der Waals surface area contributed by atoms with E-state index in [1.807, 2.05) is 61.2 Å². The van der Waals surface area contributed by atoms with Crippen molar-refractivity contribution in [3.05, 3.63) is 65.2 Å². The first kappa shape index (κ1) is 22.8. The molecular formula is C24H32N4O3. The number of carboxylic acid groups (broad SMARTS) is 1. The van der Waals surface area contributed by atoms with E-state index in [1.165, 1.54) is 0 Å². The summed E-state index contributed by atoms with van der Waals surface area (Å²) in [7, 11) is 2.12. The highest BCUT2D eigenvalue weighted by molar-refractivity contribution is 5.94. The lowest BCUT2D eigenvalue weighted by Crippen LogP contribution is -2.46. The van der Waals surface area contributed by atoms with Crippen LogP contribution in [0.15, 0.2) is 48.5 Å². The average Bonchev–Trinajstić information content (AvgIpc) is 2.76. The van der Waals surface area contributed by atoms with Gasteiger partial charge >= 0.3 is 6.09 Å². The van der Waals surface area contributed by atoms with Gasteiger partial charge < -0.3 is 14.9 Å². The maximum Gasteiger partial charge on any atom is 0.409 e. The second-order valence-corrected chi connectivity index (χ2v) is 7.90. The third kappa shape index (κ3) is 5.62. The van der Waals surface area contributed by atoms with E-state index in [4.69, 9.17) is 5.11 Å². The molecule has 31 heavy (non-hydrogen) atoms. The standard InChI is InChI=1S/C24H32N4O3/c1-4-27(5-2)23(29)19-11-9-18(10-12-19)22(28-15-13-26(3)14-16-28)20-7-6-8-21(17-20)25-24(30)31/h6-12,17,22,25H,4-5,13-16H2,1-3H3,(H,30,31)/t22-/m1/s1. The minimum atomic E-state index is -1.08. The molecule has 3 rings (SSSR count). The second-order valence-electron chi connectivity index (χ2n) is 7.90. The Bertz CT molecular complexity index is 888. The highest BCUT2D eigenvalue weighted by Gasteiger charge is 2.26. The van der Waals surface area contributed by atoms with Gasteiger partial charge in [-0.2, -0.15) is 0 Å². The van der Waals surface area contributed by atoms with Gasteiger partial charge in [-0.1, -0.05) is 24.3 Å². The van der Waals surface area contributed by atoms with Crippen molar-refractivity contribution in [2.24, 2.45) is 0 Å². The van der Waals surface area contributed by atoms with Crippen molar-refractivity contribution in [3.8, 4) is 0 Å². The number of rotatable bonds is 7. The SMILES string of the molecule is CCN(CC)C(=O)c1ccc([C@H](c2cccc(NC(=O)O)c2)N2CCN(C)CC2)cc1. The number of nitrogens with zero attached hydrogens (tertiary/aromatic N) is 3. The Kier molecular flexibility index (Phi) is 7.65. The largest absolute Gasteiger partial charge is 0.465 e. The molecule has 0 saturated carbocycles. The molecule has 1 aliphatic heterocycles. The van der Waals surface area contributed by atoms with Crippen LogP contribution < -0.4 is 5.32 Å². The Morgan fingerprint density at radius 1 is 1.00 bits per heavy atom. The van der Waals surface area contributed by atoms with Gasteiger partial charge in [-0.05, 0) is 56.3 Å². The fourth-order valence-corrected chi connectivity index (χ4v) is 4.11. The molecule has 2 aromatic rings. The molecule has 2 N–H and O–H groups in total. The van der Waals surface area contributed by atoms with E-state index >= 15 is 0 Å². The number of hydrogen-bond donors (Lipinski definition) is 2. The van der Waals surface area contributed by atoms with Crippen LogP contribution in [-0.4, -0.2) is 78.1 Å². The van der Waals surface area contributed by atoms with E-state index in [0.29, 0.717) is 24.3 Å². The molecule has 0 aromatic heterocycles. The predicted octanol–water partition coefficient (Wildman–Crippen LogP) is 3.60. The van der Waals surface area contributed by atoms with Crippen LogP contribution in [0.4, 0.5) is 10.5 Å². The number of hydrogen-bond acceptors (Lipinski definition) is 4. The summed E-state index contributed by atoms with van der Waals surface area (Å²) in [6.45, 7) is 9.11. The third-order valence-electron chi connectivity index (χ3n) is 5.88. The maximum absolute atomic E-state index is 12.7. The number of benzene rings is 2. The van der Waals surface area contributed by atoms with E-state index in [2.05, 4.69) is 22.2 Å². The van der Waals surface area contributed by atoms with Crippen LogP contribution in [0.5, 0.6) is 0 Å². The number of likely N-dealkylation sites (N-methyl/N-ethyl adjacent to an activating group) is 1. The van der Waals surface area contributed by atoms with E-state index in [9.17, 15) is 9.59 Å². The van der Waals surface area contributed by atoms with Gasteiger partial charge in [-0.3, -0.25) is 15.0 Å². The lowest BCUT2D eigenvalue weighted by Gasteiger charge is -2.38. The number of nitrogens with one attached hydrogen (secondary N) is 1. The van der Waals surface area contributed by atoms with Crippen molar-refractivity contribution in [2.45, 2.75) is 19.9 Å². The maximum atomic E-state index is 12.7. The van der Waals surface area contributed by atoms with Crippen molar-refractivity contribution >= 4 is 17.7 Å². The van der Waals surface area contributed by atoms with E-state index < -0.39 is 6.09 Å². The normalized spacial score (nSPS) is 16.0. The molecule has 2 aromatic carbocycles. The van der Waals surface area contributed by atoms with Crippen LogP contribution in [0, 0.1) is 0 Å². The van der Waals surface area contributed by atoms with Crippen LogP contribution >= 0.6 is 0 Å². The summed E-state index contributed by atoms with van der Waals surface area (Å²) in [5, 5.41) is 11.5. The number of carbonyl (C=O) groups excluding carboxylic acids is 1. The Morgan fingerprint density at radius 3 is 2.23 bits per heavy atom. The molecule has 0 radical (unpaired) electrons. The molecule has 1 atom stereocenters. The van der Waals surface area contributed by atoms with Gasteiger partial charge in [-0.15, -0.1) is 0 Å². The molecule has 0 unspecified atom stereocenters. The van der Waals surface area contributed by atoms with Crippen molar-refractivity contribution < 1.29 is 14.7 Å². The zero-order valence-electron chi connectivity index (χ0n) is 18.5. The zero-order valence-corrected chi connectivity index (χ0v) is 18.5. The average molecular weight is 425 g/mol. The minimum absolute atomic E-state index is 0.0122. The summed E-state index contributed by atoms with van der Waals surface area (Å²) in [5.41, 5.74) is 3.36. The highest BCUT2D eigenvalue weighted by Crippen LogP contribution is 2.31. The molecule has 0 bridgehead atoms. The van der Waals surface area contributed by atoms with Crippen LogP contribution in [0.25, 0.3) is 0 Å². The van der Waals surface area contributed by atoms with E-state index in [1.54, 1.807) is 6.07 Å². The second kappa shape index (κ2) is 10.4. The molecule has 1 fully saturated rings. The summed E-state index contributed by atoms with van der Waals surface area (Å²) in [6.07, 6.45) is -1.08. The van der Waals surface area contributed by atoms with Crippen molar-refractivity contribution in [1.82, 2.24) is 14.7 Å². The first-order valence-corrected chi connectivity index (χ1v) is 10.8. The van der Waals surface area contributed by atoms with Gasteiger partial charge in [0.05, 0.1) is 6.04 Å². The lowest BCUT2D eigenvalue weighted by atomic mass is 9.95. The fourth-order valence-electron chi connectivity index (χ4n) is 4.11. The number of anilines is 1. The zero-order chi connectivity index (χ0) is 22.4. The van der Waals surface area contributed by atoms with Gasteiger partial charge in [-0.25, -0.2) is 4.79 Å². The summed E-state index contributed by atoms with van der Waals surface area (Å²) < 4.78 is 0. The van der Waals surface area contributed by atoms with Crippen molar-refractivity contribution in [3.63, 3.8) is 0 Å². The Hall–Kier alpha value is -2.90. The molecule has 0 spiro atoms. The minimum Gasteiger partial charge on any atom is -0.465 e. The van der Waals surface area contributed by atoms with Crippen molar-refractivity contribution in [2.75, 3.05) is 51.6 Å². The smallest absolute Gasteiger partial charge is 0.409 e. The molecule has 7 nitrogen and oxygen atoms in total. The summed E-state index contributed by atoms with van der Waals surface area (Å²) in [6, 6.07) is 15.4. The summed E-state index contributed by atoms with van der Waals surface area (Å²) >= 11 is 0. The molecule has 1 heterocycles. The Balaban J connectivity index is 1.93. The molecule has 166 valence electrons. The third-order valence-corrected chi connectivity index (χ3v) is 5.88. The van der Waals surface area contributed by atoms with Crippen molar-refractivity contribution in [1.29, 1.82) is 0 Å². The summed E-state index contributed by atoms with van der Waals surface area (Å²) in [4.78, 5) is 30.3.